The normalized spacial score (nSPS) is 22.1. The van der Waals surface area contributed by atoms with Crippen LogP contribution in [-0.2, 0) is 0 Å². The first kappa shape index (κ1) is 7.55. The van der Waals surface area contributed by atoms with Crippen LogP contribution in [0.1, 0.15) is 12.0 Å². The Hall–Kier alpha value is -1.84. The third-order valence-corrected chi connectivity index (χ3v) is 2.72. The number of nitrogens with zero attached hydrogens (tertiary/aromatic N) is 2. The van der Waals surface area contributed by atoms with Gasteiger partial charge < -0.3 is 5.11 Å². The summed E-state index contributed by atoms with van der Waals surface area (Å²) >= 11 is 0. The minimum absolute atomic E-state index is 0.00454. The summed E-state index contributed by atoms with van der Waals surface area (Å²) in [5.41, 5.74) is 2.17. The SMILES string of the molecule is O=C(O)N1c2ncccc2C2=CC1C2. The molecule has 1 atom stereocenters. The number of carbonyl (C=O) groups is 1. The zero-order chi connectivity index (χ0) is 9.71. The molecule has 0 aromatic carbocycles. The Morgan fingerprint density at radius 1 is 1.64 bits per heavy atom. The molecule has 1 unspecified atom stereocenters. The van der Waals surface area contributed by atoms with Crippen molar-refractivity contribution in [3.8, 4) is 0 Å². The maximum atomic E-state index is 11.0. The molecule has 2 bridgehead atoms. The van der Waals surface area contributed by atoms with Gasteiger partial charge in [0.05, 0.1) is 6.04 Å². The van der Waals surface area contributed by atoms with E-state index in [1.807, 2.05) is 18.2 Å². The molecule has 0 radical (unpaired) electrons. The van der Waals surface area contributed by atoms with Gasteiger partial charge in [-0.15, -0.1) is 0 Å². The predicted molar refractivity (Wildman–Crippen MR) is 51.1 cm³/mol. The van der Waals surface area contributed by atoms with E-state index in [1.54, 1.807) is 6.20 Å². The van der Waals surface area contributed by atoms with Crippen molar-refractivity contribution >= 4 is 17.5 Å². The van der Waals surface area contributed by atoms with Gasteiger partial charge >= 0.3 is 6.09 Å². The highest BCUT2D eigenvalue weighted by Crippen LogP contribution is 2.43. The molecule has 4 heteroatoms. The largest absolute Gasteiger partial charge is 0.465 e. The van der Waals surface area contributed by atoms with Gasteiger partial charge in [0.1, 0.15) is 5.82 Å². The van der Waals surface area contributed by atoms with Crippen molar-refractivity contribution in [2.75, 3.05) is 4.90 Å². The van der Waals surface area contributed by atoms with Gasteiger partial charge in [-0.25, -0.2) is 9.78 Å². The Kier molecular flexibility index (Phi) is 1.27. The zero-order valence-corrected chi connectivity index (χ0v) is 7.34. The summed E-state index contributed by atoms with van der Waals surface area (Å²) in [5.74, 6) is 0.578. The van der Waals surface area contributed by atoms with Gasteiger partial charge in [-0.1, -0.05) is 6.08 Å². The first-order valence-corrected chi connectivity index (χ1v) is 4.45. The van der Waals surface area contributed by atoms with Crippen molar-refractivity contribution in [2.24, 2.45) is 0 Å². The number of anilines is 1. The van der Waals surface area contributed by atoms with E-state index in [0.717, 1.165) is 12.0 Å². The lowest BCUT2D eigenvalue weighted by Gasteiger charge is -2.40. The molecule has 4 nitrogen and oxygen atoms in total. The monoisotopic (exact) mass is 188 g/mol. The highest BCUT2D eigenvalue weighted by Gasteiger charge is 2.39. The van der Waals surface area contributed by atoms with Crippen LogP contribution in [0, 0.1) is 0 Å². The summed E-state index contributed by atoms with van der Waals surface area (Å²) in [4.78, 5) is 16.5. The molecular formula is C10H8N2O2. The van der Waals surface area contributed by atoms with Crippen molar-refractivity contribution in [1.82, 2.24) is 4.98 Å². The van der Waals surface area contributed by atoms with E-state index in [-0.39, 0.29) is 6.04 Å². The number of aromatic nitrogens is 1. The molecule has 0 spiro atoms. The van der Waals surface area contributed by atoms with Crippen LogP contribution >= 0.6 is 0 Å². The number of pyridine rings is 1. The highest BCUT2D eigenvalue weighted by molar-refractivity contribution is 5.97. The van der Waals surface area contributed by atoms with E-state index in [2.05, 4.69) is 4.98 Å². The summed E-state index contributed by atoms with van der Waals surface area (Å²) < 4.78 is 0. The molecule has 70 valence electrons. The molecule has 4 rings (SSSR count). The van der Waals surface area contributed by atoms with Gasteiger partial charge in [0, 0.05) is 11.8 Å². The zero-order valence-electron chi connectivity index (χ0n) is 7.34. The molecule has 3 aliphatic rings. The Labute approximate surface area is 80.5 Å². The van der Waals surface area contributed by atoms with E-state index in [9.17, 15) is 4.79 Å². The molecule has 14 heavy (non-hydrogen) atoms. The second-order valence-corrected chi connectivity index (χ2v) is 3.49. The number of rotatable bonds is 0. The van der Waals surface area contributed by atoms with Crippen molar-refractivity contribution < 1.29 is 9.90 Å². The molecule has 0 saturated carbocycles. The van der Waals surface area contributed by atoms with Crippen LogP contribution in [0.3, 0.4) is 0 Å². The number of hydrogen-bond donors (Lipinski definition) is 1. The lowest BCUT2D eigenvalue weighted by atomic mass is 9.82. The van der Waals surface area contributed by atoms with Crippen LogP contribution in [0.2, 0.25) is 0 Å². The predicted octanol–water partition coefficient (Wildman–Crippen LogP) is 1.74. The topological polar surface area (TPSA) is 53.4 Å². The standard InChI is InChI=1S/C10H8N2O2/c13-10(14)12-7-4-6(5-7)8-2-1-3-11-9(8)12/h1-4,7H,5H2,(H,13,14). The van der Waals surface area contributed by atoms with Gasteiger partial charge in [0.15, 0.2) is 0 Å². The number of carboxylic acid groups (broad SMARTS) is 1. The van der Waals surface area contributed by atoms with Gasteiger partial charge in [0.25, 0.3) is 0 Å². The van der Waals surface area contributed by atoms with Crippen molar-refractivity contribution in [3.05, 3.63) is 30.0 Å². The Morgan fingerprint density at radius 3 is 3.14 bits per heavy atom. The Morgan fingerprint density at radius 2 is 2.43 bits per heavy atom. The van der Waals surface area contributed by atoms with E-state index in [1.165, 1.54) is 10.5 Å². The lowest BCUT2D eigenvalue weighted by Crippen LogP contribution is -2.46. The van der Waals surface area contributed by atoms with E-state index in [0.29, 0.717) is 5.82 Å². The third-order valence-electron chi connectivity index (χ3n) is 2.72. The summed E-state index contributed by atoms with van der Waals surface area (Å²) in [6.07, 6.45) is 3.51. The molecule has 2 aliphatic heterocycles. The average molecular weight is 188 g/mol. The molecule has 0 saturated heterocycles. The third kappa shape index (κ3) is 0.775. The fourth-order valence-corrected chi connectivity index (χ4v) is 2.02. The molecule has 3 heterocycles. The van der Waals surface area contributed by atoms with Crippen molar-refractivity contribution in [1.29, 1.82) is 0 Å². The van der Waals surface area contributed by atoms with Crippen LogP contribution in [0.25, 0.3) is 5.57 Å². The van der Waals surface area contributed by atoms with Crippen LogP contribution in [0.5, 0.6) is 0 Å². The van der Waals surface area contributed by atoms with Crippen molar-refractivity contribution in [2.45, 2.75) is 12.5 Å². The number of amides is 1. The van der Waals surface area contributed by atoms with Gasteiger partial charge in [0.2, 0.25) is 0 Å². The maximum Gasteiger partial charge on any atom is 0.413 e. The fraction of sp³-hybridized carbons (Fsp3) is 0.200. The van der Waals surface area contributed by atoms with Gasteiger partial charge in [-0.3, -0.25) is 4.90 Å². The van der Waals surface area contributed by atoms with E-state index < -0.39 is 6.09 Å². The summed E-state index contributed by atoms with van der Waals surface area (Å²) in [5, 5.41) is 9.04. The molecule has 1 aromatic rings. The second kappa shape index (κ2) is 2.35. The van der Waals surface area contributed by atoms with Crippen LogP contribution in [0.4, 0.5) is 10.6 Å². The lowest BCUT2D eigenvalue weighted by molar-refractivity contribution is 0.199. The quantitative estimate of drug-likeness (QED) is 0.674. The highest BCUT2D eigenvalue weighted by atomic mass is 16.4. The van der Waals surface area contributed by atoms with Gasteiger partial charge in [-0.2, -0.15) is 0 Å². The summed E-state index contributed by atoms with van der Waals surface area (Å²) in [7, 11) is 0. The summed E-state index contributed by atoms with van der Waals surface area (Å²) in [6, 6.07) is 3.75. The minimum atomic E-state index is -0.926. The first-order chi connectivity index (χ1) is 6.77. The molecular weight excluding hydrogens is 180 g/mol. The van der Waals surface area contributed by atoms with Crippen LogP contribution in [0.15, 0.2) is 24.4 Å². The number of hydrogen-bond acceptors (Lipinski definition) is 2. The Balaban J connectivity index is 2.20. The fourth-order valence-electron chi connectivity index (χ4n) is 2.02. The molecule has 1 aromatic heterocycles. The van der Waals surface area contributed by atoms with E-state index in [4.69, 9.17) is 5.11 Å². The maximum absolute atomic E-state index is 11.0. The Bertz CT molecular complexity index is 453. The summed E-state index contributed by atoms with van der Waals surface area (Å²) in [6.45, 7) is 0. The average Bonchev–Trinajstić information content (AvgIpc) is 2.14. The van der Waals surface area contributed by atoms with Crippen LogP contribution < -0.4 is 4.90 Å². The second-order valence-electron chi connectivity index (χ2n) is 3.49. The minimum Gasteiger partial charge on any atom is -0.465 e. The molecule has 1 aliphatic carbocycles. The molecule has 1 N–H and O–H groups in total. The van der Waals surface area contributed by atoms with Gasteiger partial charge in [-0.05, 0) is 24.1 Å². The molecule has 0 fully saturated rings. The van der Waals surface area contributed by atoms with E-state index >= 15 is 0 Å². The smallest absolute Gasteiger partial charge is 0.413 e. The first-order valence-electron chi connectivity index (χ1n) is 4.45. The van der Waals surface area contributed by atoms with Crippen LogP contribution in [-0.4, -0.2) is 22.2 Å². The van der Waals surface area contributed by atoms with Crippen molar-refractivity contribution in [3.63, 3.8) is 0 Å². The molecule has 1 amide bonds.